The molecule has 15 nitrogen and oxygen atoms in total. The molecule has 0 amide bonds. The summed E-state index contributed by atoms with van der Waals surface area (Å²) >= 11 is 0. The predicted octanol–water partition coefficient (Wildman–Crippen LogP) is -5.55. The van der Waals surface area contributed by atoms with Crippen LogP contribution in [0.25, 0.3) is 0 Å². The normalized spacial score (nSPS) is 0. The molecule has 0 heterocycles. The van der Waals surface area contributed by atoms with Gasteiger partial charge in [0.05, 0.1) is 0 Å². The fourth-order valence-corrected chi connectivity index (χ4v) is 0. The smallest absolute Gasteiger partial charge is 2.00 e. The van der Waals surface area contributed by atoms with Crippen LogP contribution in [-0.4, -0.2) is 54.6 Å². The SMILES string of the molecule is [K+].[Nb+5].[Nb+5].[Nb+5].[Nb+5].[Nb+5].[O-2].[O-2].[O-2].[O-2].[O-2].[O-2].[O-2].[O-2].[O-2].[O-2].[O-2].[O-2].[O-2].[O-2].[O-2].[Pb+2].[Pb+2]. The summed E-state index contributed by atoms with van der Waals surface area (Å²) in [5, 5.41) is 0. The largest absolute Gasteiger partial charge is 5.00 e. The zero-order valence-corrected chi connectivity index (χ0v) is 32.3. The minimum Gasteiger partial charge on any atom is -2.00 e. The Balaban J connectivity index is 0. The van der Waals surface area contributed by atoms with Crippen molar-refractivity contribution in [2.24, 2.45) is 0 Å². The van der Waals surface area contributed by atoms with Crippen LogP contribution in [0.3, 0.4) is 0 Å². The van der Waals surface area contributed by atoms with Crippen LogP contribution in [0.1, 0.15) is 0 Å². The second-order valence-electron chi connectivity index (χ2n) is 0. The van der Waals surface area contributed by atoms with E-state index in [0.717, 1.165) is 0 Å². The van der Waals surface area contributed by atoms with Gasteiger partial charge in [-0.25, -0.2) is 0 Å². The first-order valence-corrected chi connectivity index (χ1v) is 0. The third-order valence-electron chi connectivity index (χ3n) is 0. The summed E-state index contributed by atoms with van der Waals surface area (Å²) in [6.45, 7) is 0. The van der Waals surface area contributed by atoms with Crippen molar-refractivity contribution in [3.63, 3.8) is 0 Å². The molecule has 0 aliphatic rings. The summed E-state index contributed by atoms with van der Waals surface area (Å²) in [5.74, 6) is 0. The summed E-state index contributed by atoms with van der Waals surface area (Å²) < 4.78 is 0. The maximum Gasteiger partial charge on any atom is 5.00 e. The first-order chi connectivity index (χ1) is 0. The van der Waals surface area contributed by atoms with Gasteiger partial charge < -0.3 is 82.1 Å². The fraction of sp³-hybridized carbons (Fsp3) is 0. The van der Waals surface area contributed by atoms with Gasteiger partial charge in [-0.2, -0.15) is 0 Å². The van der Waals surface area contributed by atoms with Crippen molar-refractivity contribution in [1.29, 1.82) is 0 Å². The van der Waals surface area contributed by atoms with Crippen LogP contribution in [0.15, 0.2) is 0 Å². The van der Waals surface area contributed by atoms with E-state index in [1.54, 1.807) is 0 Å². The Kier molecular flexibility index (Phi) is 12200. The topological polar surface area (TPSA) is 428 Å². The van der Waals surface area contributed by atoms with Gasteiger partial charge in [0.2, 0.25) is 0 Å². The Morgan fingerprint density at radius 1 is 0.174 bits per heavy atom. The van der Waals surface area contributed by atoms with Gasteiger partial charge in [-0.3, -0.25) is 0 Å². The van der Waals surface area contributed by atoms with Crippen LogP contribution < -0.4 is 51.4 Å². The Morgan fingerprint density at radius 2 is 0.174 bits per heavy atom. The molecule has 0 bridgehead atoms. The summed E-state index contributed by atoms with van der Waals surface area (Å²) in [5.41, 5.74) is 0. The molecule has 0 fully saturated rings. The van der Waals surface area contributed by atoms with Crippen molar-refractivity contribution in [3.05, 3.63) is 0 Å². The molecule has 23 heavy (non-hydrogen) atoms. The van der Waals surface area contributed by atoms with Crippen LogP contribution >= 0.6 is 0 Å². The molecule has 0 atom stereocenters. The molecular formula is KNb5O15Pb2. The second-order valence-corrected chi connectivity index (χ2v) is 0. The van der Waals surface area contributed by atoms with E-state index >= 15 is 0 Å². The molecule has 0 aromatic carbocycles. The van der Waals surface area contributed by atoms with Crippen molar-refractivity contribution in [3.8, 4) is 0 Å². The average molecular weight is 1160 g/mol. The van der Waals surface area contributed by atoms with Crippen molar-refractivity contribution in [2.75, 3.05) is 0 Å². The number of hydrogen-bond acceptors (Lipinski definition) is 0. The van der Waals surface area contributed by atoms with Crippen molar-refractivity contribution >= 4 is 54.6 Å². The second kappa shape index (κ2) is 502. The van der Waals surface area contributed by atoms with Crippen LogP contribution in [0.2, 0.25) is 0 Å². The van der Waals surface area contributed by atoms with Crippen LogP contribution in [0, 0.1) is 0 Å². The van der Waals surface area contributed by atoms with E-state index < -0.39 is 0 Å². The molecule has 0 unspecified atom stereocenters. The average Bonchev–Trinajstić information content (AvgIpc) is 0. The van der Waals surface area contributed by atoms with Gasteiger partial charge in [0.1, 0.15) is 0 Å². The van der Waals surface area contributed by atoms with Gasteiger partial charge in [0.15, 0.2) is 0 Å². The van der Waals surface area contributed by atoms with Gasteiger partial charge in [-0.05, 0) is 0 Å². The molecule has 0 aromatic rings. The summed E-state index contributed by atoms with van der Waals surface area (Å²) in [6, 6.07) is 0. The Labute approximate surface area is 293 Å². The molecule has 0 saturated heterocycles. The summed E-state index contributed by atoms with van der Waals surface area (Å²) in [4.78, 5) is 0. The van der Waals surface area contributed by atoms with Crippen molar-refractivity contribution in [2.45, 2.75) is 0 Å². The molecule has 0 aliphatic carbocycles. The van der Waals surface area contributed by atoms with Gasteiger partial charge in [0.25, 0.3) is 0 Å². The van der Waals surface area contributed by atoms with E-state index in [2.05, 4.69) is 0 Å². The number of rotatable bonds is 0. The van der Waals surface area contributed by atoms with Gasteiger partial charge in [-0.1, -0.05) is 0 Å². The van der Waals surface area contributed by atoms with E-state index in [9.17, 15) is 0 Å². The molecule has 0 rings (SSSR count). The van der Waals surface area contributed by atoms with Crippen molar-refractivity contribution < 1.29 is 245 Å². The molecule has 0 spiro atoms. The molecular weight excluding hydrogens is 1160 g/mol. The Hall–Kier alpha value is 6.58. The van der Waals surface area contributed by atoms with Crippen molar-refractivity contribution in [1.82, 2.24) is 0 Å². The first-order valence-electron chi connectivity index (χ1n) is 0. The fourth-order valence-electron chi connectivity index (χ4n) is 0. The molecule has 0 aliphatic heterocycles. The minimum absolute atomic E-state index is 0. The van der Waals surface area contributed by atoms with E-state index in [-0.39, 0.29) is 300 Å². The summed E-state index contributed by atoms with van der Waals surface area (Å²) in [7, 11) is 0. The molecule has 0 saturated carbocycles. The van der Waals surface area contributed by atoms with E-state index in [4.69, 9.17) is 0 Å². The van der Waals surface area contributed by atoms with E-state index in [1.807, 2.05) is 0 Å². The molecule has 4 radical (unpaired) electrons. The summed E-state index contributed by atoms with van der Waals surface area (Å²) in [6.07, 6.45) is 0. The zero-order chi connectivity index (χ0) is 0. The van der Waals surface area contributed by atoms with E-state index in [1.165, 1.54) is 0 Å². The van der Waals surface area contributed by atoms with Gasteiger partial charge >= 0.3 is 218 Å². The molecule has 124 valence electrons. The quantitative estimate of drug-likeness (QED) is 0.205. The van der Waals surface area contributed by atoms with Crippen LogP contribution in [-0.2, 0) is 194 Å². The Morgan fingerprint density at radius 3 is 0.174 bits per heavy atom. The maximum absolute atomic E-state index is 0. The standard InChI is InChI=1S/K.5Nb.15O.2Pb/q+1;5*+5;15*-2;2*+2. The molecule has 0 aromatic heterocycles. The van der Waals surface area contributed by atoms with E-state index in [0.29, 0.717) is 0 Å². The van der Waals surface area contributed by atoms with Crippen LogP contribution in [0.5, 0.6) is 0 Å². The third kappa shape index (κ3) is 466. The minimum atomic E-state index is 0. The predicted molar refractivity (Wildman–Crippen MR) is 21.8 cm³/mol. The molecule has 0 N–H and O–H groups in total. The maximum atomic E-state index is 0. The first kappa shape index (κ1) is 558. The zero-order valence-electron chi connectivity index (χ0n) is 10.4. The Bertz CT molecular complexity index is 31.8. The molecule has 23 heteroatoms. The van der Waals surface area contributed by atoms with Crippen LogP contribution in [0.4, 0.5) is 0 Å². The monoisotopic (exact) mass is 1160 g/mol. The third-order valence-corrected chi connectivity index (χ3v) is 0. The van der Waals surface area contributed by atoms with Gasteiger partial charge in [-0.15, -0.1) is 0 Å². The number of hydrogen-bond donors (Lipinski definition) is 0. The van der Waals surface area contributed by atoms with Gasteiger partial charge in [0, 0.05) is 0 Å².